The number of guanidine groups is 1. The quantitative estimate of drug-likeness (QED) is 0.270. The molecule has 178 valence electrons. The van der Waals surface area contributed by atoms with Crippen molar-refractivity contribution < 1.29 is 13.2 Å². The zero-order valence-electron chi connectivity index (χ0n) is 19.3. The highest BCUT2D eigenvalue weighted by Gasteiger charge is 2.22. The number of rotatable bonds is 9. The molecule has 1 aromatic rings. The number of halogens is 1. The predicted molar refractivity (Wildman–Crippen MR) is 137 cm³/mol. The number of sulfonamides is 1. The molecule has 1 aliphatic rings. The van der Waals surface area contributed by atoms with Gasteiger partial charge >= 0.3 is 0 Å². The number of nitrogens with zero attached hydrogens (tertiary/aromatic N) is 3. The van der Waals surface area contributed by atoms with Crippen LogP contribution in [0.2, 0.25) is 0 Å². The van der Waals surface area contributed by atoms with Gasteiger partial charge in [0.25, 0.3) is 0 Å². The fourth-order valence-electron chi connectivity index (χ4n) is 3.46. The highest BCUT2D eigenvalue weighted by molar-refractivity contribution is 14.0. The lowest BCUT2D eigenvalue weighted by Crippen LogP contribution is -2.50. The van der Waals surface area contributed by atoms with Crippen LogP contribution in [0.3, 0.4) is 0 Å². The number of hydrogen-bond donors (Lipinski definition) is 2. The zero-order chi connectivity index (χ0) is 22.1. The molecular weight excluding hydrogens is 529 g/mol. The van der Waals surface area contributed by atoms with E-state index in [1.807, 2.05) is 12.1 Å². The molecule has 1 aromatic carbocycles. The zero-order valence-corrected chi connectivity index (χ0v) is 22.4. The summed E-state index contributed by atoms with van der Waals surface area (Å²) in [7, 11) is 1.42. The van der Waals surface area contributed by atoms with E-state index in [4.69, 9.17) is 4.74 Å². The Morgan fingerprint density at radius 1 is 1.16 bits per heavy atom. The minimum absolute atomic E-state index is 0. The van der Waals surface area contributed by atoms with Crippen LogP contribution >= 0.6 is 24.0 Å². The van der Waals surface area contributed by atoms with Gasteiger partial charge in [-0.15, -0.1) is 24.0 Å². The lowest BCUT2D eigenvalue weighted by molar-refractivity contribution is 0.0132. The molecule has 1 atom stereocenters. The highest BCUT2D eigenvalue weighted by Crippen LogP contribution is 2.14. The summed E-state index contributed by atoms with van der Waals surface area (Å²) in [6.07, 6.45) is 1.12. The number of hydrogen-bond acceptors (Lipinski definition) is 5. The molecule has 10 heteroatoms. The Kier molecular flexibility index (Phi) is 12.3. The second-order valence-electron chi connectivity index (χ2n) is 8.17. The minimum atomic E-state index is -3.41. The van der Waals surface area contributed by atoms with Gasteiger partial charge in [-0.1, -0.05) is 26.0 Å². The van der Waals surface area contributed by atoms with E-state index in [9.17, 15) is 8.42 Å². The number of ether oxygens (including phenoxy) is 1. The maximum atomic E-state index is 12.2. The molecule has 0 aromatic heterocycles. The first-order chi connectivity index (χ1) is 14.2. The van der Waals surface area contributed by atoms with Crippen LogP contribution in [0.25, 0.3) is 0 Å². The third-order valence-corrected chi connectivity index (χ3v) is 7.03. The molecular formula is C21H38IN5O3S. The van der Waals surface area contributed by atoms with Crippen LogP contribution in [0.5, 0.6) is 0 Å². The van der Waals surface area contributed by atoms with Gasteiger partial charge < -0.3 is 15.4 Å². The number of aliphatic imine (C=N–C) groups is 1. The van der Waals surface area contributed by atoms with Crippen molar-refractivity contribution in [3.63, 3.8) is 0 Å². The largest absolute Gasteiger partial charge is 0.379 e. The van der Waals surface area contributed by atoms with Gasteiger partial charge in [0.2, 0.25) is 10.0 Å². The van der Waals surface area contributed by atoms with E-state index in [-0.39, 0.29) is 24.0 Å². The van der Waals surface area contributed by atoms with Gasteiger partial charge in [-0.3, -0.25) is 9.89 Å². The average molecular weight is 568 g/mol. The lowest BCUT2D eigenvalue weighted by atomic mass is 10.0. The topological polar surface area (TPSA) is 86.3 Å². The summed E-state index contributed by atoms with van der Waals surface area (Å²) in [6.45, 7) is 9.40. The standard InChI is InChI=1S/C21H37N5O3S.HI/c1-17(2)14-19(26-10-12-29-13-11-26)16-24-21(22-3)23-15-18-6-8-20(9-7-18)30(27,28)25(4)5;/h6-9,17,19H,10-16H2,1-5H3,(H2,22,23,24);1H. The number of nitrogens with one attached hydrogen (secondary N) is 2. The summed E-state index contributed by atoms with van der Waals surface area (Å²) < 4.78 is 31.1. The van der Waals surface area contributed by atoms with Crippen molar-refractivity contribution in [2.24, 2.45) is 10.9 Å². The third kappa shape index (κ3) is 8.83. The Bertz CT molecular complexity index is 779. The Labute approximate surface area is 204 Å². The number of morpholine rings is 1. The first-order valence-corrected chi connectivity index (χ1v) is 12.0. The van der Waals surface area contributed by atoms with Gasteiger partial charge in [-0.05, 0) is 30.0 Å². The Hall–Kier alpha value is -0.950. The van der Waals surface area contributed by atoms with Crippen molar-refractivity contribution in [3.05, 3.63) is 29.8 Å². The van der Waals surface area contributed by atoms with Crippen molar-refractivity contribution in [1.29, 1.82) is 0 Å². The molecule has 0 amide bonds. The monoisotopic (exact) mass is 567 g/mol. The van der Waals surface area contributed by atoms with E-state index in [1.165, 1.54) is 18.4 Å². The molecule has 0 aliphatic carbocycles. The van der Waals surface area contributed by atoms with Crippen LogP contribution in [0.15, 0.2) is 34.2 Å². The van der Waals surface area contributed by atoms with Crippen molar-refractivity contribution in [1.82, 2.24) is 19.8 Å². The summed E-state index contributed by atoms with van der Waals surface area (Å²) in [4.78, 5) is 7.11. The highest BCUT2D eigenvalue weighted by atomic mass is 127. The van der Waals surface area contributed by atoms with Crippen LogP contribution in [0, 0.1) is 5.92 Å². The Morgan fingerprint density at radius 2 is 1.77 bits per heavy atom. The van der Waals surface area contributed by atoms with Gasteiger partial charge in [-0.2, -0.15) is 0 Å². The SMILES string of the molecule is CN=C(NCc1ccc(S(=O)(=O)N(C)C)cc1)NCC(CC(C)C)N1CCOCC1.I. The van der Waals surface area contributed by atoms with E-state index in [0.717, 1.165) is 50.8 Å². The van der Waals surface area contributed by atoms with Crippen LogP contribution < -0.4 is 10.6 Å². The Balaban J connectivity index is 0.00000480. The molecule has 0 saturated carbocycles. The second-order valence-corrected chi connectivity index (χ2v) is 10.3. The fraction of sp³-hybridized carbons (Fsp3) is 0.667. The molecule has 0 spiro atoms. The van der Waals surface area contributed by atoms with Crippen LogP contribution in [0.1, 0.15) is 25.8 Å². The molecule has 2 rings (SSSR count). The number of benzene rings is 1. The van der Waals surface area contributed by atoms with Crippen molar-refractivity contribution in [3.8, 4) is 0 Å². The van der Waals surface area contributed by atoms with Gasteiger partial charge in [0.15, 0.2) is 5.96 Å². The summed E-state index contributed by atoms with van der Waals surface area (Å²) in [5.74, 6) is 1.36. The van der Waals surface area contributed by atoms with Crippen LogP contribution in [0.4, 0.5) is 0 Å². The maximum absolute atomic E-state index is 12.2. The normalized spacial score (nSPS) is 16.8. The molecule has 1 unspecified atom stereocenters. The van der Waals surface area contributed by atoms with Crippen molar-refractivity contribution in [2.75, 3.05) is 54.0 Å². The summed E-state index contributed by atoms with van der Waals surface area (Å²) in [6, 6.07) is 7.36. The molecule has 1 fully saturated rings. The molecule has 2 N–H and O–H groups in total. The smallest absolute Gasteiger partial charge is 0.242 e. The predicted octanol–water partition coefficient (Wildman–Crippen LogP) is 1.97. The van der Waals surface area contributed by atoms with Gasteiger partial charge in [0, 0.05) is 53.4 Å². The molecule has 1 aliphatic heterocycles. The molecule has 1 heterocycles. The first kappa shape index (κ1) is 28.1. The average Bonchev–Trinajstić information content (AvgIpc) is 2.73. The molecule has 0 radical (unpaired) electrons. The minimum Gasteiger partial charge on any atom is -0.379 e. The van der Waals surface area contributed by atoms with Crippen LogP contribution in [-0.2, 0) is 21.3 Å². The molecule has 0 bridgehead atoms. The summed E-state index contributed by atoms with van der Waals surface area (Å²) in [5, 5.41) is 6.76. The van der Waals surface area contributed by atoms with E-state index in [1.54, 1.807) is 19.2 Å². The third-order valence-electron chi connectivity index (χ3n) is 5.20. The van der Waals surface area contributed by atoms with Gasteiger partial charge in [0.05, 0.1) is 18.1 Å². The van der Waals surface area contributed by atoms with E-state index < -0.39 is 10.0 Å². The lowest BCUT2D eigenvalue weighted by Gasteiger charge is -2.35. The molecule has 1 saturated heterocycles. The first-order valence-electron chi connectivity index (χ1n) is 10.5. The Morgan fingerprint density at radius 3 is 2.29 bits per heavy atom. The van der Waals surface area contributed by atoms with E-state index in [0.29, 0.717) is 23.4 Å². The van der Waals surface area contributed by atoms with E-state index >= 15 is 0 Å². The fourth-order valence-corrected chi connectivity index (χ4v) is 4.36. The van der Waals surface area contributed by atoms with Gasteiger partial charge in [-0.25, -0.2) is 12.7 Å². The molecule has 31 heavy (non-hydrogen) atoms. The van der Waals surface area contributed by atoms with Crippen LogP contribution in [-0.4, -0.2) is 83.6 Å². The van der Waals surface area contributed by atoms with Gasteiger partial charge in [0.1, 0.15) is 0 Å². The second kappa shape index (κ2) is 13.6. The summed E-state index contributed by atoms with van der Waals surface area (Å²) in [5.41, 5.74) is 0.988. The molecule has 8 nitrogen and oxygen atoms in total. The van der Waals surface area contributed by atoms with Crippen molar-refractivity contribution >= 4 is 40.0 Å². The summed E-state index contributed by atoms with van der Waals surface area (Å²) >= 11 is 0. The maximum Gasteiger partial charge on any atom is 0.242 e. The van der Waals surface area contributed by atoms with Crippen molar-refractivity contribution in [2.45, 2.75) is 37.8 Å². The van der Waals surface area contributed by atoms with E-state index in [2.05, 4.69) is 34.4 Å².